The summed E-state index contributed by atoms with van der Waals surface area (Å²) in [5.74, 6) is 0. The Morgan fingerprint density at radius 3 is 2.62 bits per heavy atom. The van der Waals surface area contributed by atoms with Gasteiger partial charge >= 0.3 is 0 Å². The molecule has 2 atom stereocenters. The molecule has 118 valence electrons. The first-order chi connectivity index (χ1) is 10.0. The fourth-order valence-corrected chi connectivity index (χ4v) is 2.43. The zero-order valence-electron chi connectivity index (χ0n) is 14.1. The molecule has 0 fully saturated rings. The third kappa shape index (κ3) is 5.05. The number of hydrogen-bond acceptors (Lipinski definition) is 3. The van der Waals surface area contributed by atoms with Gasteiger partial charge in [-0.15, -0.1) is 0 Å². The SMILES string of the molecule is CCc1cc(N=CN)ccc1N(C)C(C)CCC(C)NC. The highest BCUT2D eigenvalue weighted by Gasteiger charge is 2.14. The summed E-state index contributed by atoms with van der Waals surface area (Å²) >= 11 is 0. The third-order valence-corrected chi connectivity index (χ3v) is 4.22. The Hall–Kier alpha value is -1.55. The first kappa shape index (κ1) is 17.5. The van der Waals surface area contributed by atoms with E-state index >= 15 is 0 Å². The van der Waals surface area contributed by atoms with Gasteiger partial charge in [-0.05, 0) is 63.9 Å². The number of nitrogens with zero attached hydrogens (tertiary/aromatic N) is 2. The maximum atomic E-state index is 5.37. The molecule has 0 radical (unpaired) electrons. The molecule has 3 N–H and O–H groups in total. The second kappa shape index (κ2) is 8.67. The van der Waals surface area contributed by atoms with E-state index in [0.717, 1.165) is 12.1 Å². The van der Waals surface area contributed by atoms with E-state index in [2.05, 4.69) is 55.2 Å². The van der Waals surface area contributed by atoms with Crippen LogP contribution in [-0.2, 0) is 6.42 Å². The van der Waals surface area contributed by atoms with E-state index in [1.807, 2.05) is 13.1 Å². The van der Waals surface area contributed by atoms with Crippen LogP contribution in [0.4, 0.5) is 11.4 Å². The summed E-state index contributed by atoms with van der Waals surface area (Å²) in [5.41, 5.74) is 8.89. The van der Waals surface area contributed by atoms with Crippen molar-refractivity contribution < 1.29 is 0 Å². The lowest BCUT2D eigenvalue weighted by molar-refractivity contribution is 0.499. The predicted molar refractivity (Wildman–Crippen MR) is 93.8 cm³/mol. The van der Waals surface area contributed by atoms with Crippen molar-refractivity contribution in [1.82, 2.24) is 5.32 Å². The predicted octanol–water partition coefficient (Wildman–Crippen LogP) is 3.08. The highest BCUT2D eigenvalue weighted by molar-refractivity contribution is 5.64. The molecule has 21 heavy (non-hydrogen) atoms. The molecule has 0 aliphatic rings. The number of nitrogens with one attached hydrogen (secondary N) is 1. The standard InChI is InChI=1S/C17H30N4/c1-6-15-11-16(20-12-18)9-10-17(15)21(5)14(3)8-7-13(2)19-4/h9-14,19H,6-8H2,1-5H3,(H2,18,20). The largest absolute Gasteiger partial charge is 0.390 e. The van der Waals surface area contributed by atoms with Crippen molar-refractivity contribution in [3.8, 4) is 0 Å². The van der Waals surface area contributed by atoms with Crippen LogP contribution < -0.4 is 16.0 Å². The highest BCUT2D eigenvalue weighted by atomic mass is 15.1. The molecular weight excluding hydrogens is 260 g/mol. The molecule has 1 rings (SSSR count). The van der Waals surface area contributed by atoms with Crippen LogP contribution in [0, 0.1) is 0 Å². The van der Waals surface area contributed by atoms with E-state index in [9.17, 15) is 0 Å². The summed E-state index contributed by atoms with van der Waals surface area (Å²) in [6.07, 6.45) is 4.69. The van der Waals surface area contributed by atoms with Crippen LogP contribution in [0.2, 0.25) is 0 Å². The van der Waals surface area contributed by atoms with E-state index in [1.165, 1.54) is 30.4 Å². The minimum Gasteiger partial charge on any atom is -0.390 e. The molecular formula is C17H30N4. The number of benzene rings is 1. The summed E-state index contributed by atoms with van der Waals surface area (Å²) in [6.45, 7) is 6.69. The van der Waals surface area contributed by atoms with Gasteiger partial charge in [0.15, 0.2) is 0 Å². The second-order valence-corrected chi connectivity index (χ2v) is 5.67. The van der Waals surface area contributed by atoms with Gasteiger partial charge < -0.3 is 16.0 Å². The minimum absolute atomic E-state index is 0.509. The third-order valence-electron chi connectivity index (χ3n) is 4.22. The normalized spacial score (nSPS) is 14.3. The van der Waals surface area contributed by atoms with E-state index in [1.54, 1.807) is 0 Å². The zero-order valence-corrected chi connectivity index (χ0v) is 14.1. The lowest BCUT2D eigenvalue weighted by Gasteiger charge is -2.30. The average molecular weight is 290 g/mol. The number of rotatable bonds is 8. The summed E-state index contributed by atoms with van der Waals surface area (Å²) in [6, 6.07) is 7.37. The molecule has 0 amide bonds. The summed E-state index contributed by atoms with van der Waals surface area (Å²) in [7, 11) is 4.19. The molecule has 2 unspecified atom stereocenters. The van der Waals surface area contributed by atoms with Crippen molar-refractivity contribution in [1.29, 1.82) is 0 Å². The van der Waals surface area contributed by atoms with Crippen LogP contribution in [0.3, 0.4) is 0 Å². The van der Waals surface area contributed by atoms with Crippen LogP contribution in [-0.4, -0.2) is 32.5 Å². The van der Waals surface area contributed by atoms with Crippen molar-refractivity contribution in [2.45, 2.75) is 52.1 Å². The molecule has 1 aromatic carbocycles. The molecule has 0 bridgehead atoms. The molecule has 1 aromatic rings. The number of hydrogen-bond donors (Lipinski definition) is 2. The highest BCUT2D eigenvalue weighted by Crippen LogP contribution is 2.27. The van der Waals surface area contributed by atoms with Crippen LogP contribution in [0.5, 0.6) is 0 Å². The molecule has 0 saturated carbocycles. The van der Waals surface area contributed by atoms with Crippen LogP contribution in [0.1, 0.15) is 39.2 Å². The summed E-state index contributed by atoms with van der Waals surface area (Å²) in [4.78, 5) is 6.53. The van der Waals surface area contributed by atoms with Crippen LogP contribution in [0.15, 0.2) is 23.2 Å². The Kier molecular flexibility index (Phi) is 7.23. The first-order valence-corrected chi connectivity index (χ1v) is 7.80. The smallest absolute Gasteiger partial charge is 0.0860 e. The Bertz CT molecular complexity index is 456. The van der Waals surface area contributed by atoms with Gasteiger partial charge in [0, 0.05) is 24.8 Å². The van der Waals surface area contributed by atoms with Gasteiger partial charge in [0.2, 0.25) is 0 Å². The van der Waals surface area contributed by atoms with Gasteiger partial charge in [-0.1, -0.05) is 6.92 Å². The Morgan fingerprint density at radius 2 is 2.05 bits per heavy atom. The number of nitrogens with two attached hydrogens (primary N) is 1. The van der Waals surface area contributed by atoms with Crippen molar-refractivity contribution in [3.63, 3.8) is 0 Å². The van der Waals surface area contributed by atoms with Crippen molar-refractivity contribution in [2.24, 2.45) is 10.7 Å². The zero-order chi connectivity index (χ0) is 15.8. The fraction of sp³-hybridized carbons (Fsp3) is 0.588. The monoisotopic (exact) mass is 290 g/mol. The number of aryl methyl sites for hydroxylation is 1. The van der Waals surface area contributed by atoms with Crippen molar-refractivity contribution in [2.75, 3.05) is 19.0 Å². The van der Waals surface area contributed by atoms with Crippen molar-refractivity contribution >= 4 is 17.7 Å². The van der Waals surface area contributed by atoms with Gasteiger partial charge in [0.25, 0.3) is 0 Å². The molecule has 0 spiro atoms. The maximum Gasteiger partial charge on any atom is 0.0860 e. The molecule has 4 heteroatoms. The lowest BCUT2D eigenvalue weighted by Crippen LogP contribution is -2.32. The Balaban J connectivity index is 2.83. The molecule has 4 nitrogen and oxygen atoms in total. The summed E-state index contributed by atoms with van der Waals surface area (Å²) in [5, 5.41) is 3.30. The Morgan fingerprint density at radius 1 is 1.33 bits per heavy atom. The minimum atomic E-state index is 0.509. The van der Waals surface area contributed by atoms with Gasteiger partial charge in [-0.3, -0.25) is 0 Å². The topological polar surface area (TPSA) is 53.6 Å². The van der Waals surface area contributed by atoms with Gasteiger partial charge in [0.05, 0.1) is 12.0 Å². The summed E-state index contributed by atoms with van der Waals surface area (Å²) < 4.78 is 0. The van der Waals surface area contributed by atoms with E-state index in [-0.39, 0.29) is 0 Å². The maximum absolute atomic E-state index is 5.37. The van der Waals surface area contributed by atoms with Gasteiger partial charge in [0.1, 0.15) is 0 Å². The fourth-order valence-electron chi connectivity index (χ4n) is 2.43. The van der Waals surface area contributed by atoms with Gasteiger partial charge in [-0.2, -0.15) is 0 Å². The molecule has 0 aromatic heterocycles. The molecule has 0 aliphatic heterocycles. The van der Waals surface area contributed by atoms with E-state index < -0.39 is 0 Å². The second-order valence-electron chi connectivity index (χ2n) is 5.67. The molecule has 0 heterocycles. The molecule has 0 aliphatic carbocycles. The van der Waals surface area contributed by atoms with Crippen LogP contribution in [0.25, 0.3) is 0 Å². The molecule has 0 saturated heterocycles. The number of anilines is 1. The number of aliphatic imine (C=N–C) groups is 1. The van der Waals surface area contributed by atoms with Gasteiger partial charge in [-0.25, -0.2) is 4.99 Å². The van der Waals surface area contributed by atoms with Crippen molar-refractivity contribution in [3.05, 3.63) is 23.8 Å². The first-order valence-electron chi connectivity index (χ1n) is 7.80. The Labute approximate surface area is 129 Å². The van der Waals surface area contributed by atoms with Crippen LogP contribution >= 0.6 is 0 Å². The van der Waals surface area contributed by atoms with E-state index in [0.29, 0.717) is 12.1 Å². The van der Waals surface area contributed by atoms with E-state index in [4.69, 9.17) is 5.73 Å². The quantitative estimate of drug-likeness (QED) is 0.571. The average Bonchev–Trinajstić information content (AvgIpc) is 2.51. The lowest BCUT2D eigenvalue weighted by atomic mass is 10.0.